The minimum atomic E-state index is -0.661. The van der Waals surface area contributed by atoms with Crippen LogP contribution in [0.3, 0.4) is 0 Å². The smallest absolute Gasteiger partial charge is 0.210 e. The third kappa shape index (κ3) is 6.45. The molecule has 1 aromatic heterocycles. The van der Waals surface area contributed by atoms with E-state index >= 15 is 0 Å². The van der Waals surface area contributed by atoms with Crippen molar-refractivity contribution in [3.05, 3.63) is 54.1 Å². The van der Waals surface area contributed by atoms with Gasteiger partial charge in [-0.05, 0) is 43.3 Å². The lowest BCUT2D eigenvalue weighted by Crippen LogP contribution is -2.20. The molecular weight excluding hydrogens is 410 g/mol. The van der Waals surface area contributed by atoms with Crippen LogP contribution in [0.25, 0.3) is 0 Å². The molecule has 0 aliphatic heterocycles. The lowest BCUT2D eigenvalue weighted by Gasteiger charge is -2.11. The first-order valence-electron chi connectivity index (χ1n) is 8.82. The van der Waals surface area contributed by atoms with Crippen LogP contribution in [0.5, 0.6) is 11.5 Å². The van der Waals surface area contributed by atoms with Crippen molar-refractivity contribution in [2.45, 2.75) is 17.4 Å². The Hall–Kier alpha value is -2.62. The van der Waals surface area contributed by atoms with Gasteiger partial charge in [0.1, 0.15) is 18.1 Å². The number of aliphatic hydroxyl groups is 1. The fourth-order valence-corrected chi connectivity index (χ4v) is 4.04. The van der Waals surface area contributed by atoms with Crippen molar-refractivity contribution < 1.29 is 19.4 Å². The summed E-state index contributed by atoms with van der Waals surface area (Å²) in [6.45, 7) is 1.67. The van der Waals surface area contributed by atoms with E-state index in [4.69, 9.17) is 9.47 Å². The minimum absolute atomic E-state index is 0.00491. The number of nitrogens with zero attached hydrogens (tertiary/aromatic N) is 2. The van der Waals surface area contributed by atoms with Crippen LogP contribution < -0.4 is 14.8 Å². The van der Waals surface area contributed by atoms with E-state index < -0.39 is 6.10 Å². The number of Topliss-reactive ketones (excluding diaryl/α,β-unsaturated/α-hetero) is 1. The Morgan fingerprint density at radius 2 is 2.00 bits per heavy atom. The summed E-state index contributed by atoms with van der Waals surface area (Å²) in [7, 11) is 1.62. The van der Waals surface area contributed by atoms with Gasteiger partial charge >= 0.3 is 0 Å². The molecule has 3 aromatic rings. The number of aliphatic hydroxyl groups excluding tert-OH is 1. The average molecular weight is 432 g/mol. The highest BCUT2D eigenvalue weighted by atomic mass is 32.2. The molecule has 9 heteroatoms. The standard InChI is InChI=1S/C20H21N3O4S2/c1-13(24)14-6-8-17(9-7-14)27-11-16(25)12-28-20-23-22-19(29-20)21-15-4-3-5-18(10-15)26-2/h3-10,16,25H,11-12H2,1-2H3,(H,21,22). The molecule has 2 aromatic carbocycles. The third-order valence-corrected chi connectivity index (χ3v) is 5.95. The van der Waals surface area contributed by atoms with Crippen molar-refractivity contribution in [3.63, 3.8) is 0 Å². The number of methoxy groups -OCH3 is 1. The number of anilines is 2. The van der Waals surface area contributed by atoms with Gasteiger partial charge in [-0.25, -0.2) is 0 Å². The van der Waals surface area contributed by atoms with Gasteiger partial charge in [0.05, 0.1) is 13.2 Å². The summed E-state index contributed by atoms with van der Waals surface area (Å²) >= 11 is 2.82. The van der Waals surface area contributed by atoms with Gasteiger partial charge in [-0.15, -0.1) is 10.2 Å². The van der Waals surface area contributed by atoms with Gasteiger partial charge in [-0.2, -0.15) is 0 Å². The molecule has 7 nitrogen and oxygen atoms in total. The summed E-state index contributed by atoms with van der Waals surface area (Å²) in [5, 5.41) is 22.2. The fraction of sp³-hybridized carbons (Fsp3) is 0.250. The Labute approximate surface area is 177 Å². The Bertz CT molecular complexity index is 947. The van der Waals surface area contributed by atoms with E-state index in [1.165, 1.54) is 30.0 Å². The maximum Gasteiger partial charge on any atom is 0.210 e. The molecular formula is C20H21N3O4S2. The van der Waals surface area contributed by atoms with Crippen molar-refractivity contribution in [2.75, 3.05) is 24.8 Å². The topological polar surface area (TPSA) is 93.6 Å². The monoisotopic (exact) mass is 431 g/mol. The van der Waals surface area contributed by atoms with Crippen LogP contribution >= 0.6 is 23.1 Å². The molecule has 1 unspecified atom stereocenters. The van der Waals surface area contributed by atoms with Crippen LogP contribution in [0.2, 0.25) is 0 Å². The molecule has 0 bridgehead atoms. The second-order valence-electron chi connectivity index (χ2n) is 6.09. The number of thioether (sulfide) groups is 1. The van der Waals surface area contributed by atoms with Crippen LogP contribution in [0.1, 0.15) is 17.3 Å². The van der Waals surface area contributed by atoms with Crippen LogP contribution in [-0.2, 0) is 0 Å². The summed E-state index contributed by atoms with van der Waals surface area (Å²) < 4.78 is 11.5. The number of aromatic nitrogens is 2. The number of carbonyl (C=O) groups is 1. The summed E-state index contributed by atoms with van der Waals surface area (Å²) in [6.07, 6.45) is -0.661. The van der Waals surface area contributed by atoms with Crippen molar-refractivity contribution in [2.24, 2.45) is 0 Å². The maximum absolute atomic E-state index is 11.3. The summed E-state index contributed by atoms with van der Waals surface area (Å²) in [5.74, 6) is 1.80. The molecule has 0 radical (unpaired) electrons. The highest BCUT2D eigenvalue weighted by molar-refractivity contribution is 8.01. The Morgan fingerprint density at radius 3 is 2.72 bits per heavy atom. The van der Waals surface area contributed by atoms with Crippen molar-refractivity contribution in [3.8, 4) is 11.5 Å². The van der Waals surface area contributed by atoms with Gasteiger partial charge in [0.15, 0.2) is 10.1 Å². The lowest BCUT2D eigenvalue weighted by atomic mass is 10.1. The molecule has 29 heavy (non-hydrogen) atoms. The van der Waals surface area contributed by atoms with Crippen LogP contribution in [0.15, 0.2) is 52.9 Å². The van der Waals surface area contributed by atoms with E-state index in [9.17, 15) is 9.90 Å². The maximum atomic E-state index is 11.3. The number of rotatable bonds is 10. The number of hydrogen-bond acceptors (Lipinski definition) is 9. The van der Waals surface area contributed by atoms with E-state index in [-0.39, 0.29) is 12.4 Å². The van der Waals surface area contributed by atoms with Crippen LogP contribution in [0, 0.1) is 0 Å². The molecule has 1 heterocycles. The van der Waals surface area contributed by atoms with E-state index in [0.717, 1.165) is 15.8 Å². The molecule has 0 aliphatic carbocycles. The molecule has 2 N–H and O–H groups in total. The molecule has 0 fully saturated rings. The first-order valence-corrected chi connectivity index (χ1v) is 10.6. The van der Waals surface area contributed by atoms with Gasteiger partial charge in [-0.3, -0.25) is 4.79 Å². The summed E-state index contributed by atoms with van der Waals surface area (Å²) in [5.41, 5.74) is 1.49. The normalized spacial score (nSPS) is 11.7. The summed E-state index contributed by atoms with van der Waals surface area (Å²) in [4.78, 5) is 11.3. The molecule has 0 saturated carbocycles. The summed E-state index contributed by atoms with van der Waals surface area (Å²) in [6, 6.07) is 14.4. The Balaban J connectivity index is 1.44. The molecule has 1 atom stereocenters. The second-order valence-corrected chi connectivity index (χ2v) is 8.33. The zero-order valence-electron chi connectivity index (χ0n) is 16.0. The number of benzene rings is 2. The second kappa shape index (κ2) is 10.2. The van der Waals surface area contributed by atoms with Gasteiger partial charge in [0.2, 0.25) is 5.13 Å². The highest BCUT2D eigenvalue weighted by Gasteiger charge is 2.11. The van der Waals surface area contributed by atoms with E-state index in [1.807, 2.05) is 24.3 Å². The quantitative estimate of drug-likeness (QED) is 0.367. The van der Waals surface area contributed by atoms with Crippen molar-refractivity contribution >= 4 is 39.7 Å². The molecule has 0 spiro atoms. The molecule has 0 aliphatic rings. The Morgan fingerprint density at radius 1 is 1.21 bits per heavy atom. The minimum Gasteiger partial charge on any atom is -0.497 e. The van der Waals surface area contributed by atoms with E-state index in [2.05, 4.69) is 15.5 Å². The van der Waals surface area contributed by atoms with Crippen LogP contribution in [0.4, 0.5) is 10.8 Å². The van der Waals surface area contributed by atoms with E-state index in [1.54, 1.807) is 31.4 Å². The van der Waals surface area contributed by atoms with Gasteiger partial charge in [0.25, 0.3) is 0 Å². The largest absolute Gasteiger partial charge is 0.497 e. The zero-order valence-corrected chi connectivity index (χ0v) is 17.6. The van der Waals surface area contributed by atoms with Gasteiger partial charge in [0, 0.05) is 23.1 Å². The molecule has 3 rings (SSSR count). The highest BCUT2D eigenvalue weighted by Crippen LogP contribution is 2.29. The van der Waals surface area contributed by atoms with Crippen molar-refractivity contribution in [1.82, 2.24) is 10.2 Å². The predicted octanol–water partition coefficient (Wildman–Crippen LogP) is 4.02. The number of carbonyl (C=O) groups excluding carboxylic acids is 1. The molecule has 0 saturated heterocycles. The number of nitrogens with one attached hydrogen (secondary N) is 1. The average Bonchev–Trinajstić information content (AvgIpc) is 3.18. The first-order chi connectivity index (χ1) is 14.0. The third-order valence-electron chi connectivity index (χ3n) is 3.83. The van der Waals surface area contributed by atoms with Crippen molar-refractivity contribution in [1.29, 1.82) is 0 Å². The van der Waals surface area contributed by atoms with Gasteiger partial charge < -0.3 is 19.9 Å². The number of ketones is 1. The predicted molar refractivity (Wildman–Crippen MR) is 115 cm³/mol. The first kappa shape index (κ1) is 21.1. The lowest BCUT2D eigenvalue weighted by molar-refractivity contribution is 0.101. The molecule has 0 amide bonds. The number of ether oxygens (including phenoxy) is 2. The number of hydrogen-bond donors (Lipinski definition) is 2. The zero-order chi connectivity index (χ0) is 20.6. The SMILES string of the molecule is COc1cccc(Nc2nnc(SCC(O)COc3ccc(C(C)=O)cc3)s2)c1. The van der Waals surface area contributed by atoms with Gasteiger partial charge in [-0.1, -0.05) is 29.2 Å². The van der Waals surface area contributed by atoms with E-state index in [0.29, 0.717) is 22.2 Å². The fourth-order valence-electron chi connectivity index (χ4n) is 2.34. The Kier molecular flexibility index (Phi) is 7.45. The molecule has 152 valence electrons. The van der Waals surface area contributed by atoms with Crippen LogP contribution in [-0.4, -0.2) is 46.7 Å².